The average Bonchev–Trinajstić information content (AvgIpc) is 2.80. The van der Waals surface area contributed by atoms with Gasteiger partial charge < -0.3 is 4.42 Å². The maximum Gasteiger partial charge on any atom is 0.227 e. The number of aromatic nitrogens is 2. The lowest BCUT2D eigenvalue weighted by molar-refractivity contribution is 0.615. The van der Waals surface area contributed by atoms with Crippen molar-refractivity contribution in [3.63, 3.8) is 0 Å². The second-order valence-corrected chi connectivity index (χ2v) is 3.80. The molecule has 0 radical (unpaired) electrons. The number of nitrogens with zero attached hydrogens (tertiary/aromatic N) is 2. The minimum atomic E-state index is -0.327. The number of hydrogen-bond donors (Lipinski definition) is 0. The molecule has 2 aromatic heterocycles. The highest BCUT2D eigenvalue weighted by atomic mass is 19.1. The highest BCUT2D eigenvalue weighted by molar-refractivity contribution is 5.77. The molecule has 0 N–H and O–H groups in total. The summed E-state index contributed by atoms with van der Waals surface area (Å²) in [7, 11) is 0. The van der Waals surface area contributed by atoms with Crippen LogP contribution in [0.2, 0.25) is 0 Å². The van der Waals surface area contributed by atoms with Crippen molar-refractivity contribution in [3.05, 3.63) is 48.0 Å². The molecule has 0 aliphatic carbocycles. The van der Waals surface area contributed by atoms with E-state index in [-0.39, 0.29) is 11.3 Å². The van der Waals surface area contributed by atoms with Crippen LogP contribution in [0.3, 0.4) is 0 Å². The number of benzene rings is 1. The van der Waals surface area contributed by atoms with Gasteiger partial charge in [0, 0.05) is 18.0 Å². The molecule has 0 aliphatic rings. The van der Waals surface area contributed by atoms with Crippen LogP contribution in [0.1, 0.15) is 5.56 Å². The van der Waals surface area contributed by atoms with Crippen molar-refractivity contribution in [1.82, 2.24) is 9.97 Å². The van der Waals surface area contributed by atoms with E-state index in [0.29, 0.717) is 17.0 Å². The lowest BCUT2D eigenvalue weighted by atomic mass is 10.2. The van der Waals surface area contributed by atoms with Crippen LogP contribution in [0.15, 0.2) is 41.1 Å². The SMILES string of the molecule is Cc1ccc2oc(-c3ccncc3)nc2c1F. The molecule has 0 spiro atoms. The molecule has 3 aromatic rings. The van der Waals surface area contributed by atoms with E-state index < -0.39 is 0 Å². The standard InChI is InChI=1S/C13H9FN2O/c1-8-2-3-10-12(11(8)14)16-13(17-10)9-4-6-15-7-5-9/h2-7H,1H3. The third-order valence-corrected chi connectivity index (χ3v) is 2.62. The van der Waals surface area contributed by atoms with Gasteiger partial charge in [0.1, 0.15) is 5.52 Å². The first-order chi connectivity index (χ1) is 8.25. The lowest BCUT2D eigenvalue weighted by Crippen LogP contribution is -1.83. The van der Waals surface area contributed by atoms with E-state index in [9.17, 15) is 4.39 Å². The van der Waals surface area contributed by atoms with Crippen LogP contribution in [0.5, 0.6) is 0 Å². The van der Waals surface area contributed by atoms with Gasteiger partial charge in [0.2, 0.25) is 5.89 Å². The second-order valence-electron chi connectivity index (χ2n) is 3.80. The van der Waals surface area contributed by atoms with E-state index in [1.54, 1.807) is 43.6 Å². The van der Waals surface area contributed by atoms with Crippen LogP contribution in [0, 0.1) is 12.7 Å². The first-order valence-corrected chi connectivity index (χ1v) is 5.22. The first kappa shape index (κ1) is 9.96. The van der Waals surface area contributed by atoms with Gasteiger partial charge in [-0.05, 0) is 30.7 Å². The number of pyridine rings is 1. The van der Waals surface area contributed by atoms with Crippen LogP contribution < -0.4 is 0 Å². The predicted octanol–water partition coefficient (Wildman–Crippen LogP) is 3.34. The van der Waals surface area contributed by atoms with Crippen molar-refractivity contribution >= 4 is 11.1 Å². The molecule has 0 saturated heterocycles. The van der Waals surface area contributed by atoms with E-state index in [4.69, 9.17) is 4.42 Å². The smallest absolute Gasteiger partial charge is 0.227 e. The monoisotopic (exact) mass is 228 g/mol. The molecular weight excluding hydrogens is 219 g/mol. The summed E-state index contributed by atoms with van der Waals surface area (Å²) < 4.78 is 19.3. The van der Waals surface area contributed by atoms with E-state index in [1.165, 1.54) is 0 Å². The van der Waals surface area contributed by atoms with Gasteiger partial charge in [0.15, 0.2) is 11.4 Å². The minimum absolute atomic E-state index is 0.275. The Hall–Kier alpha value is -2.23. The van der Waals surface area contributed by atoms with Gasteiger partial charge in [0.05, 0.1) is 0 Å². The molecule has 1 aromatic carbocycles. The largest absolute Gasteiger partial charge is 0.436 e. The summed E-state index contributed by atoms with van der Waals surface area (Å²) in [6, 6.07) is 6.95. The molecular formula is C13H9FN2O. The molecule has 3 nitrogen and oxygen atoms in total. The summed E-state index contributed by atoms with van der Waals surface area (Å²) in [6.45, 7) is 1.70. The van der Waals surface area contributed by atoms with Crippen LogP contribution in [0.4, 0.5) is 4.39 Å². The Morgan fingerprint density at radius 2 is 1.88 bits per heavy atom. The quantitative estimate of drug-likeness (QED) is 0.641. The van der Waals surface area contributed by atoms with Gasteiger partial charge in [-0.15, -0.1) is 0 Å². The number of rotatable bonds is 1. The van der Waals surface area contributed by atoms with Crippen molar-refractivity contribution in [3.8, 4) is 11.5 Å². The van der Waals surface area contributed by atoms with Gasteiger partial charge in [-0.3, -0.25) is 4.98 Å². The first-order valence-electron chi connectivity index (χ1n) is 5.22. The van der Waals surface area contributed by atoms with Gasteiger partial charge in [0.25, 0.3) is 0 Å². The van der Waals surface area contributed by atoms with Crippen molar-refractivity contribution in [2.75, 3.05) is 0 Å². The molecule has 3 rings (SSSR count). The zero-order valence-electron chi connectivity index (χ0n) is 9.14. The number of fused-ring (bicyclic) bond motifs is 1. The van der Waals surface area contributed by atoms with Gasteiger partial charge in [-0.1, -0.05) is 6.07 Å². The van der Waals surface area contributed by atoms with Crippen molar-refractivity contribution in [1.29, 1.82) is 0 Å². The molecule has 0 aliphatic heterocycles. The summed E-state index contributed by atoms with van der Waals surface area (Å²) in [5, 5.41) is 0. The zero-order valence-corrected chi connectivity index (χ0v) is 9.14. The average molecular weight is 228 g/mol. The van der Waals surface area contributed by atoms with Gasteiger partial charge in [-0.25, -0.2) is 9.37 Å². The third kappa shape index (κ3) is 1.58. The molecule has 0 saturated carbocycles. The van der Waals surface area contributed by atoms with E-state index in [0.717, 1.165) is 5.56 Å². The molecule has 17 heavy (non-hydrogen) atoms. The second kappa shape index (κ2) is 3.66. The Morgan fingerprint density at radius 1 is 1.12 bits per heavy atom. The van der Waals surface area contributed by atoms with E-state index in [1.807, 2.05) is 0 Å². The fourth-order valence-electron chi connectivity index (χ4n) is 1.68. The molecule has 84 valence electrons. The van der Waals surface area contributed by atoms with Crippen molar-refractivity contribution in [2.24, 2.45) is 0 Å². The summed E-state index contributed by atoms with van der Waals surface area (Å²) >= 11 is 0. The molecule has 0 atom stereocenters. The molecule has 0 unspecified atom stereocenters. The summed E-state index contributed by atoms with van der Waals surface area (Å²) in [6.07, 6.45) is 3.29. The number of oxazole rings is 1. The maximum absolute atomic E-state index is 13.8. The Labute approximate surface area is 96.9 Å². The number of aryl methyl sites for hydroxylation is 1. The zero-order chi connectivity index (χ0) is 11.8. The van der Waals surface area contributed by atoms with E-state index in [2.05, 4.69) is 9.97 Å². The maximum atomic E-state index is 13.8. The van der Waals surface area contributed by atoms with Crippen LogP contribution >= 0.6 is 0 Å². The van der Waals surface area contributed by atoms with E-state index >= 15 is 0 Å². The van der Waals surface area contributed by atoms with Crippen molar-refractivity contribution in [2.45, 2.75) is 6.92 Å². The minimum Gasteiger partial charge on any atom is -0.436 e. The highest BCUT2D eigenvalue weighted by Crippen LogP contribution is 2.26. The summed E-state index contributed by atoms with van der Waals surface area (Å²) in [5.74, 6) is 0.0819. The fraction of sp³-hybridized carbons (Fsp3) is 0.0769. The Bertz CT molecular complexity index is 676. The number of halogens is 1. The molecule has 4 heteroatoms. The normalized spacial score (nSPS) is 10.9. The van der Waals surface area contributed by atoms with Crippen LogP contribution in [0.25, 0.3) is 22.6 Å². The predicted molar refractivity (Wildman–Crippen MR) is 61.9 cm³/mol. The Morgan fingerprint density at radius 3 is 2.65 bits per heavy atom. The van der Waals surface area contributed by atoms with Gasteiger partial charge in [-0.2, -0.15) is 0 Å². The van der Waals surface area contributed by atoms with Crippen molar-refractivity contribution < 1.29 is 8.81 Å². The number of hydrogen-bond acceptors (Lipinski definition) is 3. The summed E-state index contributed by atoms with van der Waals surface area (Å²) in [4.78, 5) is 8.09. The molecule has 0 amide bonds. The lowest BCUT2D eigenvalue weighted by Gasteiger charge is -1.92. The van der Waals surface area contributed by atoms with Crippen LogP contribution in [-0.4, -0.2) is 9.97 Å². The Balaban J connectivity index is 2.24. The van der Waals surface area contributed by atoms with Gasteiger partial charge >= 0.3 is 0 Å². The third-order valence-electron chi connectivity index (χ3n) is 2.62. The highest BCUT2D eigenvalue weighted by Gasteiger charge is 2.12. The molecule has 2 heterocycles. The fourth-order valence-corrected chi connectivity index (χ4v) is 1.68. The Kier molecular flexibility index (Phi) is 2.14. The molecule has 0 bridgehead atoms. The summed E-state index contributed by atoms with van der Waals surface area (Å²) in [5.41, 5.74) is 2.08. The topological polar surface area (TPSA) is 38.9 Å². The molecule has 0 fully saturated rings. The van der Waals surface area contributed by atoms with Crippen LogP contribution in [-0.2, 0) is 0 Å².